The molecule has 0 aliphatic heterocycles. The molecule has 0 unspecified atom stereocenters. The molecule has 26 heavy (non-hydrogen) atoms. The summed E-state index contributed by atoms with van der Waals surface area (Å²) in [4.78, 5) is 19.3. The van der Waals surface area contributed by atoms with Gasteiger partial charge in [-0.1, -0.05) is 47.5 Å². The van der Waals surface area contributed by atoms with Gasteiger partial charge in [-0.3, -0.25) is 0 Å². The van der Waals surface area contributed by atoms with E-state index < -0.39 is 0 Å². The van der Waals surface area contributed by atoms with Gasteiger partial charge in [0, 0.05) is 34.3 Å². The molecule has 3 aromatic rings. The summed E-state index contributed by atoms with van der Waals surface area (Å²) in [5.41, 5.74) is 3.23. The first-order chi connectivity index (χ1) is 12.5. The fourth-order valence-corrected chi connectivity index (χ4v) is 3.09. The number of amides is 1. The monoisotopic (exact) mass is 387 g/mol. The molecule has 6 heteroatoms. The number of hydrogen-bond acceptors (Lipinski definition) is 2. The number of carbonyl (C=O) groups is 1. The van der Waals surface area contributed by atoms with E-state index >= 15 is 0 Å². The number of benzene rings is 2. The van der Waals surface area contributed by atoms with E-state index in [2.05, 4.69) is 4.98 Å². The Bertz CT molecular complexity index is 898. The summed E-state index contributed by atoms with van der Waals surface area (Å²) in [5, 5.41) is 1.29. The van der Waals surface area contributed by atoms with E-state index in [1.165, 1.54) is 0 Å². The predicted molar refractivity (Wildman–Crippen MR) is 107 cm³/mol. The van der Waals surface area contributed by atoms with E-state index in [0.29, 0.717) is 23.1 Å². The number of carbonyl (C=O) groups excluding carboxylic acids is 1. The maximum atomic E-state index is 13.0. The van der Waals surface area contributed by atoms with Crippen molar-refractivity contribution in [2.45, 2.75) is 13.8 Å². The van der Waals surface area contributed by atoms with Crippen LogP contribution >= 0.6 is 23.2 Å². The van der Waals surface area contributed by atoms with Crippen molar-refractivity contribution in [3.63, 3.8) is 0 Å². The van der Waals surface area contributed by atoms with Gasteiger partial charge >= 0.3 is 6.03 Å². The lowest BCUT2D eigenvalue weighted by molar-refractivity contribution is 0.205. The largest absolute Gasteiger partial charge is 0.329 e. The van der Waals surface area contributed by atoms with Crippen LogP contribution in [0.1, 0.15) is 13.8 Å². The summed E-state index contributed by atoms with van der Waals surface area (Å²) >= 11 is 12.0. The summed E-state index contributed by atoms with van der Waals surface area (Å²) < 4.78 is 1.60. The molecule has 0 saturated carbocycles. The second-order valence-corrected chi connectivity index (χ2v) is 6.65. The fourth-order valence-electron chi connectivity index (χ4n) is 2.84. The van der Waals surface area contributed by atoms with Gasteiger partial charge in [0.05, 0.1) is 11.4 Å². The van der Waals surface area contributed by atoms with Gasteiger partial charge < -0.3 is 4.90 Å². The van der Waals surface area contributed by atoms with Gasteiger partial charge in [0.1, 0.15) is 6.33 Å². The summed E-state index contributed by atoms with van der Waals surface area (Å²) in [7, 11) is 0. The molecule has 0 radical (unpaired) electrons. The third-order valence-corrected chi connectivity index (χ3v) is 4.75. The summed E-state index contributed by atoms with van der Waals surface area (Å²) in [5.74, 6) is 0. The third-order valence-electron chi connectivity index (χ3n) is 4.24. The molecule has 0 N–H and O–H groups in total. The van der Waals surface area contributed by atoms with Crippen molar-refractivity contribution in [2.75, 3.05) is 13.1 Å². The van der Waals surface area contributed by atoms with Crippen molar-refractivity contribution < 1.29 is 4.79 Å². The summed E-state index contributed by atoms with van der Waals surface area (Å²) in [6, 6.07) is 14.7. The highest BCUT2D eigenvalue weighted by molar-refractivity contribution is 6.31. The smallest absolute Gasteiger partial charge is 0.325 e. The standard InChI is InChI=1S/C20H19Cl2N3O/c1-3-24(4-2)20(26)25-13-23-18(14-5-9-16(21)10-6-14)19(25)15-7-11-17(22)12-8-15/h5-13H,3-4H2,1-2H3. The minimum Gasteiger partial charge on any atom is -0.325 e. The van der Waals surface area contributed by atoms with E-state index in [1.807, 2.05) is 62.4 Å². The Morgan fingerprint density at radius 1 is 0.923 bits per heavy atom. The van der Waals surface area contributed by atoms with Gasteiger partial charge in [0.25, 0.3) is 0 Å². The molecular weight excluding hydrogens is 369 g/mol. The molecule has 1 amide bonds. The topological polar surface area (TPSA) is 38.1 Å². The SMILES string of the molecule is CCN(CC)C(=O)n1cnc(-c2ccc(Cl)cc2)c1-c1ccc(Cl)cc1. The van der Waals surface area contributed by atoms with Crippen molar-refractivity contribution in [1.29, 1.82) is 0 Å². The van der Waals surface area contributed by atoms with E-state index in [-0.39, 0.29) is 6.03 Å². The zero-order valence-electron chi connectivity index (χ0n) is 14.6. The van der Waals surface area contributed by atoms with Gasteiger partial charge in [-0.05, 0) is 38.1 Å². The fraction of sp³-hybridized carbons (Fsp3) is 0.200. The van der Waals surface area contributed by atoms with Crippen molar-refractivity contribution in [3.8, 4) is 22.5 Å². The average molecular weight is 388 g/mol. The Morgan fingerprint density at radius 3 is 1.92 bits per heavy atom. The van der Waals surface area contributed by atoms with Crippen LogP contribution in [-0.4, -0.2) is 33.6 Å². The van der Waals surface area contributed by atoms with Crippen LogP contribution in [0.4, 0.5) is 4.79 Å². The van der Waals surface area contributed by atoms with Crippen LogP contribution in [0.5, 0.6) is 0 Å². The van der Waals surface area contributed by atoms with Gasteiger partial charge in [-0.15, -0.1) is 0 Å². The summed E-state index contributed by atoms with van der Waals surface area (Å²) in [6.07, 6.45) is 1.58. The van der Waals surface area contributed by atoms with Crippen LogP contribution in [-0.2, 0) is 0 Å². The Hall–Kier alpha value is -2.30. The summed E-state index contributed by atoms with van der Waals surface area (Å²) in [6.45, 7) is 5.18. The van der Waals surface area contributed by atoms with Crippen LogP contribution in [0.2, 0.25) is 10.0 Å². The maximum Gasteiger partial charge on any atom is 0.329 e. The Balaban J connectivity index is 2.18. The molecule has 0 fully saturated rings. The van der Waals surface area contributed by atoms with Crippen molar-refractivity contribution in [1.82, 2.24) is 14.5 Å². The number of nitrogens with zero attached hydrogens (tertiary/aromatic N) is 3. The molecule has 1 heterocycles. The molecule has 0 aliphatic rings. The van der Waals surface area contributed by atoms with E-state index in [1.54, 1.807) is 15.8 Å². The molecule has 134 valence electrons. The lowest BCUT2D eigenvalue weighted by Crippen LogP contribution is -2.34. The minimum absolute atomic E-state index is 0.104. The molecule has 0 spiro atoms. The van der Waals surface area contributed by atoms with Crippen LogP contribution in [0.3, 0.4) is 0 Å². The van der Waals surface area contributed by atoms with Crippen LogP contribution < -0.4 is 0 Å². The van der Waals surface area contributed by atoms with E-state index in [4.69, 9.17) is 23.2 Å². The van der Waals surface area contributed by atoms with Gasteiger partial charge in [-0.25, -0.2) is 14.3 Å². The Kier molecular flexibility index (Phi) is 5.64. The van der Waals surface area contributed by atoms with Crippen LogP contribution in [0.25, 0.3) is 22.5 Å². The lowest BCUT2D eigenvalue weighted by atomic mass is 10.0. The zero-order chi connectivity index (χ0) is 18.7. The molecule has 0 aliphatic carbocycles. The van der Waals surface area contributed by atoms with Gasteiger partial charge in [-0.2, -0.15) is 0 Å². The molecule has 1 aromatic heterocycles. The van der Waals surface area contributed by atoms with Crippen LogP contribution in [0, 0.1) is 0 Å². The molecule has 4 nitrogen and oxygen atoms in total. The Labute approximate surface area is 163 Å². The first-order valence-electron chi connectivity index (χ1n) is 8.43. The third kappa shape index (κ3) is 3.62. The highest BCUT2D eigenvalue weighted by Gasteiger charge is 2.21. The van der Waals surface area contributed by atoms with E-state index in [0.717, 1.165) is 22.5 Å². The van der Waals surface area contributed by atoms with Crippen molar-refractivity contribution in [2.24, 2.45) is 0 Å². The molecule has 0 bridgehead atoms. The lowest BCUT2D eigenvalue weighted by Gasteiger charge is -2.20. The second kappa shape index (κ2) is 7.94. The number of rotatable bonds is 4. The second-order valence-electron chi connectivity index (χ2n) is 5.78. The number of halogens is 2. The van der Waals surface area contributed by atoms with Crippen molar-refractivity contribution in [3.05, 3.63) is 64.9 Å². The van der Waals surface area contributed by atoms with E-state index in [9.17, 15) is 4.79 Å². The average Bonchev–Trinajstić information content (AvgIpc) is 3.09. The zero-order valence-corrected chi connectivity index (χ0v) is 16.1. The molecule has 0 atom stereocenters. The quantitative estimate of drug-likeness (QED) is 0.564. The highest BCUT2D eigenvalue weighted by Crippen LogP contribution is 2.32. The predicted octanol–water partition coefficient (Wildman–Crippen LogP) is 5.83. The van der Waals surface area contributed by atoms with Crippen LogP contribution in [0.15, 0.2) is 54.9 Å². The first-order valence-corrected chi connectivity index (χ1v) is 9.19. The molecule has 3 rings (SSSR count). The minimum atomic E-state index is -0.104. The molecular formula is C20H19Cl2N3O. The first kappa shape index (κ1) is 18.5. The highest BCUT2D eigenvalue weighted by atomic mass is 35.5. The van der Waals surface area contributed by atoms with Gasteiger partial charge in [0.2, 0.25) is 0 Å². The molecule has 0 saturated heterocycles. The van der Waals surface area contributed by atoms with Gasteiger partial charge in [0.15, 0.2) is 0 Å². The number of aromatic nitrogens is 2. The van der Waals surface area contributed by atoms with Crippen molar-refractivity contribution >= 4 is 29.2 Å². The Morgan fingerprint density at radius 2 is 1.42 bits per heavy atom. The molecule has 2 aromatic carbocycles. The normalized spacial score (nSPS) is 10.8. The number of imidazole rings is 1. The number of hydrogen-bond donors (Lipinski definition) is 0. The maximum absolute atomic E-state index is 13.0.